The van der Waals surface area contributed by atoms with Crippen molar-refractivity contribution in [1.82, 2.24) is 0 Å². The van der Waals surface area contributed by atoms with Crippen LogP contribution >= 0.6 is 27.3 Å². The fraction of sp³-hybridized carbons (Fsp3) is 0.222. The molecule has 1 heterocycles. The molecule has 5 nitrogen and oxygen atoms in total. The van der Waals surface area contributed by atoms with Crippen LogP contribution in [0.4, 0.5) is 0 Å². The Labute approximate surface area is 104 Å². The molecule has 1 aromatic heterocycles. The minimum Gasteiger partial charge on any atom is -0.478 e. The predicted octanol–water partition coefficient (Wildman–Crippen LogP) is 3.94. The summed E-state index contributed by atoms with van der Waals surface area (Å²) in [6.45, 7) is 3.54. The summed E-state index contributed by atoms with van der Waals surface area (Å²) >= 11 is 4.79. The maximum atomic E-state index is 10.9. The molecule has 16 heavy (non-hydrogen) atoms. The van der Waals surface area contributed by atoms with Crippen molar-refractivity contribution < 1.29 is 9.90 Å². The molecule has 0 aliphatic carbocycles. The van der Waals surface area contributed by atoms with Crippen molar-refractivity contribution in [3.05, 3.63) is 36.4 Å². The maximum absolute atomic E-state index is 10.9. The first kappa shape index (κ1) is 12.8. The number of allylic oxidation sites excluding steroid dienone is 1. The molecule has 0 atom stereocenters. The Hall–Kier alpha value is -1.30. The van der Waals surface area contributed by atoms with Crippen molar-refractivity contribution in [3.63, 3.8) is 0 Å². The van der Waals surface area contributed by atoms with Crippen molar-refractivity contribution in [2.45, 2.75) is 13.8 Å². The summed E-state index contributed by atoms with van der Waals surface area (Å²) in [6, 6.07) is 1.81. The molecule has 1 aromatic rings. The van der Waals surface area contributed by atoms with E-state index in [1.54, 1.807) is 6.92 Å². The van der Waals surface area contributed by atoms with Gasteiger partial charge in [0.2, 0.25) is 0 Å². The lowest BCUT2D eigenvalue weighted by Gasteiger charge is -1.99. The molecule has 0 aromatic carbocycles. The number of thiophene rings is 1. The third-order valence-corrected chi connectivity index (χ3v) is 4.19. The number of aryl methyl sites for hydroxylation is 1. The number of carbonyl (C=O) groups is 1. The first-order chi connectivity index (χ1) is 7.47. The van der Waals surface area contributed by atoms with Crippen molar-refractivity contribution >= 4 is 38.8 Å². The number of hydrogen-bond acceptors (Lipinski definition) is 3. The highest BCUT2D eigenvalue weighted by Gasteiger charge is 2.13. The number of carboxylic acids is 1. The molecular weight excluding hydrogens is 294 g/mol. The lowest BCUT2D eigenvalue weighted by Crippen LogP contribution is -1.99. The molecular formula is C9H8BrN3O2S. The van der Waals surface area contributed by atoms with Gasteiger partial charge in [-0.3, -0.25) is 0 Å². The van der Waals surface area contributed by atoms with Crippen molar-refractivity contribution in [2.75, 3.05) is 0 Å². The minimum absolute atomic E-state index is 0.267. The lowest BCUT2D eigenvalue weighted by atomic mass is 10.2. The van der Waals surface area contributed by atoms with Crippen LogP contribution in [-0.4, -0.2) is 11.1 Å². The SMILES string of the molecule is C/C(=C(/N=[N+]=[N-])C(=O)O)c1cc(Br)c(C)s1. The van der Waals surface area contributed by atoms with E-state index >= 15 is 0 Å². The van der Waals surface area contributed by atoms with Crippen LogP contribution < -0.4 is 0 Å². The summed E-state index contributed by atoms with van der Waals surface area (Å²) in [5.74, 6) is -1.22. The largest absolute Gasteiger partial charge is 0.478 e. The summed E-state index contributed by atoms with van der Waals surface area (Å²) in [5, 5.41) is 12.1. The molecule has 1 N–H and O–H groups in total. The Bertz CT molecular complexity index is 491. The summed E-state index contributed by atoms with van der Waals surface area (Å²) in [4.78, 5) is 15.2. The van der Waals surface area contributed by atoms with Gasteiger partial charge >= 0.3 is 5.97 Å². The first-order valence-corrected chi connectivity index (χ1v) is 5.84. The Morgan fingerprint density at radius 2 is 2.31 bits per heavy atom. The third-order valence-electron chi connectivity index (χ3n) is 1.93. The zero-order chi connectivity index (χ0) is 12.3. The molecule has 0 fully saturated rings. The Kier molecular flexibility index (Phi) is 4.12. The highest BCUT2D eigenvalue weighted by atomic mass is 79.9. The number of aliphatic carboxylic acids is 1. The average Bonchev–Trinajstić information content (AvgIpc) is 2.54. The van der Waals surface area contributed by atoms with Crippen LogP contribution in [0.3, 0.4) is 0 Å². The van der Waals surface area contributed by atoms with Crippen LogP contribution in [0.2, 0.25) is 0 Å². The van der Waals surface area contributed by atoms with Crippen LogP contribution in [0.1, 0.15) is 16.7 Å². The quantitative estimate of drug-likeness (QED) is 0.397. The highest BCUT2D eigenvalue weighted by molar-refractivity contribution is 9.10. The molecule has 0 saturated heterocycles. The van der Waals surface area contributed by atoms with Gasteiger partial charge in [0, 0.05) is 19.1 Å². The van der Waals surface area contributed by atoms with Crippen molar-refractivity contribution in [3.8, 4) is 0 Å². The van der Waals surface area contributed by atoms with Gasteiger partial charge in [0.05, 0.1) is 0 Å². The molecule has 0 saturated carbocycles. The second-order valence-corrected chi connectivity index (χ2v) is 5.09. The van der Waals surface area contributed by atoms with Gasteiger partial charge in [-0.15, -0.1) is 11.3 Å². The second kappa shape index (κ2) is 5.16. The number of halogens is 1. The van der Waals surface area contributed by atoms with E-state index in [0.717, 1.165) is 14.2 Å². The maximum Gasteiger partial charge on any atom is 0.338 e. The number of hydrogen-bond donors (Lipinski definition) is 1. The van der Waals surface area contributed by atoms with Gasteiger partial charge in [0.15, 0.2) is 0 Å². The molecule has 0 amide bonds. The van der Waals surface area contributed by atoms with E-state index in [1.165, 1.54) is 11.3 Å². The van der Waals surface area contributed by atoms with Crippen LogP contribution in [0.15, 0.2) is 21.4 Å². The number of rotatable bonds is 3. The number of nitrogens with zero attached hydrogens (tertiary/aromatic N) is 3. The fourth-order valence-electron chi connectivity index (χ4n) is 1.08. The minimum atomic E-state index is -1.22. The van der Waals surface area contributed by atoms with E-state index < -0.39 is 5.97 Å². The van der Waals surface area contributed by atoms with Crippen molar-refractivity contribution in [1.29, 1.82) is 0 Å². The summed E-state index contributed by atoms with van der Waals surface area (Å²) in [6.07, 6.45) is 0. The predicted molar refractivity (Wildman–Crippen MR) is 66.1 cm³/mol. The van der Waals surface area contributed by atoms with Crippen LogP contribution in [0, 0.1) is 6.92 Å². The van der Waals surface area contributed by atoms with Gasteiger partial charge in [0.25, 0.3) is 0 Å². The van der Waals surface area contributed by atoms with E-state index in [4.69, 9.17) is 10.6 Å². The first-order valence-electron chi connectivity index (χ1n) is 4.23. The molecule has 1 rings (SSSR count). The second-order valence-electron chi connectivity index (χ2n) is 2.98. The van der Waals surface area contributed by atoms with Crippen LogP contribution in [-0.2, 0) is 4.79 Å². The number of azide groups is 1. The average molecular weight is 302 g/mol. The van der Waals surface area contributed by atoms with Crippen LogP contribution in [0.25, 0.3) is 16.0 Å². The Morgan fingerprint density at radius 3 is 2.69 bits per heavy atom. The van der Waals surface area contributed by atoms with Crippen LogP contribution in [0.5, 0.6) is 0 Å². The fourth-order valence-corrected chi connectivity index (χ4v) is 2.62. The topological polar surface area (TPSA) is 86.1 Å². The van der Waals surface area contributed by atoms with Gasteiger partial charge in [-0.05, 0) is 46.9 Å². The van der Waals surface area contributed by atoms with Gasteiger partial charge in [0.1, 0.15) is 5.70 Å². The van der Waals surface area contributed by atoms with Gasteiger partial charge in [-0.2, -0.15) is 0 Å². The Balaban J connectivity index is 3.34. The molecule has 7 heteroatoms. The molecule has 0 aliphatic heterocycles. The number of carboxylic acid groups (broad SMARTS) is 1. The van der Waals surface area contributed by atoms with E-state index in [9.17, 15) is 4.79 Å². The summed E-state index contributed by atoms with van der Waals surface area (Å²) in [5.41, 5.74) is 8.49. The lowest BCUT2D eigenvalue weighted by molar-refractivity contribution is -0.132. The van der Waals surface area contributed by atoms with Gasteiger partial charge in [-0.25, -0.2) is 4.79 Å². The van der Waals surface area contributed by atoms with Gasteiger partial charge in [-0.1, -0.05) is 5.11 Å². The van der Waals surface area contributed by atoms with E-state index in [1.807, 2.05) is 13.0 Å². The van der Waals surface area contributed by atoms with Crippen molar-refractivity contribution in [2.24, 2.45) is 5.11 Å². The smallest absolute Gasteiger partial charge is 0.338 e. The van der Waals surface area contributed by atoms with E-state index in [2.05, 4.69) is 26.0 Å². The molecule has 0 spiro atoms. The van der Waals surface area contributed by atoms with Gasteiger partial charge < -0.3 is 5.11 Å². The summed E-state index contributed by atoms with van der Waals surface area (Å²) in [7, 11) is 0. The summed E-state index contributed by atoms with van der Waals surface area (Å²) < 4.78 is 0.914. The molecule has 0 unspecified atom stereocenters. The van der Waals surface area contributed by atoms with E-state index in [-0.39, 0.29) is 5.70 Å². The molecule has 84 valence electrons. The Morgan fingerprint density at radius 1 is 1.69 bits per heavy atom. The normalized spacial score (nSPS) is 11.7. The standard InChI is InChI=1S/C9H8BrN3O2S/c1-4(8(9(14)15)12-13-11)7-3-6(10)5(2)16-7/h3H,1-2H3,(H,14,15)/b8-4-. The zero-order valence-electron chi connectivity index (χ0n) is 8.56. The molecule has 0 aliphatic rings. The third kappa shape index (κ3) is 2.63. The van der Waals surface area contributed by atoms with E-state index in [0.29, 0.717) is 5.57 Å². The zero-order valence-corrected chi connectivity index (χ0v) is 11.0. The molecule has 0 radical (unpaired) electrons. The highest BCUT2D eigenvalue weighted by Crippen LogP contribution is 2.32. The monoisotopic (exact) mass is 301 g/mol. The molecule has 0 bridgehead atoms.